The maximum Gasteiger partial charge on any atom is 0.234 e. The number of thiophene rings is 1. The van der Waals surface area contributed by atoms with Gasteiger partial charge in [-0.05, 0) is 31.4 Å². The highest BCUT2D eigenvalue weighted by molar-refractivity contribution is 7.16. The third-order valence-electron chi connectivity index (χ3n) is 3.68. The Bertz CT molecular complexity index is 414. The van der Waals surface area contributed by atoms with E-state index in [0.29, 0.717) is 12.6 Å². The number of nitrogens with one attached hydrogen (secondary N) is 2. The minimum absolute atomic E-state index is 0.126. The first-order valence-corrected chi connectivity index (χ1v) is 8.68. The molecule has 3 nitrogen and oxygen atoms in total. The van der Waals surface area contributed by atoms with Crippen molar-refractivity contribution in [2.24, 2.45) is 0 Å². The van der Waals surface area contributed by atoms with Crippen molar-refractivity contribution in [2.45, 2.75) is 51.0 Å². The van der Waals surface area contributed by atoms with Crippen LogP contribution in [0.15, 0.2) is 12.1 Å². The van der Waals surface area contributed by atoms with Crippen LogP contribution in [0.4, 0.5) is 0 Å². The molecule has 112 valence electrons. The van der Waals surface area contributed by atoms with E-state index >= 15 is 0 Å². The van der Waals surface area contributed by atoms with Gasteiger partial charge in [-0.3, -0.25) is 4.79 Å². The lowest BCUT2D eigenvalue weighted by Gasteiger charge is -2.16. The molecule has 20 heavy (non-hydrogen) atoms. The second-order valence-electron chi connectivity index (χ2n) is 5.39. The molecule has 1 aromatic rings. The molecule has 0 saturated heterocycles. The Morgan fingerprint density at radius 2 is 2.00 bits per heavy atom. The van der Waals surface area contributed by atoms with Gasteiger partial charge in [0.1, 0.15) is 0 Å². The van der Waals surface area contributed by atoms with Crippen molar-refractivity contribution in [3.05, 3.63) is 21.3 Å². The Kier molecular flexibility index (Phi) is 6.83. The molecular weight excluding hydrogens is 292 g/mol. The molecular formula is C15H23ClN2OS. The summed E-state index contributed by atoms with van der Waals surface area (Å²) in [5.74, 6) is 0.126. The second kappa shape index (κ2) is 8.65. The second-order valence-corrected chi connectivity index (χ2v) is 7.19. The fourth-order valence-electron chi connectivity index (χ4n) is 2.60. The standard InChI is InChI=1S/C15H23ClN2OS/c16-14-8-7-13(20-14)9-10-17-11-15(19)18-12-5-3-1-2-4-6-12/h7-8,12,17H,1-6,9-11H2,(H,18,19). The Morgan fingerprint density at radius 3 is 2.65 bits per heavy atom. The van der Waals surface area contributed by atoms with Crippen LogP contribution in [0.1, 0.15) is 43.4 Å². The van der Waals surface area contributed by atoms with Crippen LogP contribution in [0, 0.1) is 0 Å². The number of hydrogen-bond donors (Lipinski definition) is 2. The lowest BCUT2D eigenvalue weighted by Crippen LogP contribution is -2.40. The van der Waals surface area contributed by atoms with E-state index in [0.717, 1.165) is 30.1 Å². The Hall–Kier alpha value is -0.580. The molecule has 2 rings (SSSR count). The molecule has 0 unspecified atom stereocenters. The van der Waals surface area contributed by atoms with Crippen LogP contribution in [-0.2, 0) is 11.2 Å². The topological polar surface area (TPSA) is 41.1 Å². The largest absolute Gasteiger partial charge is 0.352 e. The maximum absolute atomic E-state index is 11.8. The summed E-state index contributed by atoms with van der Waals surface area (Å²) >= 11 is 7.48. The third kappa shape index (κ3) is 5.81. The highest BCUT2D eigenvalue weighted by Crippen LogP contribution is 2.21. The van der Waals surface area contributed by atoms with Crippen LogP contribution >= 0.6 is 22.9 Å². The van der Waals surface area contributed by atoms with Gasteiger partial charge in [-0.15, -0.1) is 11.3 Å². The predicted octanol–water partition coefficient (Wildman–Crippen LogP) is 3.37. The van der Waals surface area contributed by atoms with Crippen molar-refractivity contribution < 1.29 is 4.79 Å². The Morgan fingerprint density at radius 1 is 1.25 bits per heavy atom. The van der Waals surface area contributed by atoms with Gasteiger partial charge in [0.25, 0.3) is 0 Å². The van der Waals surface area contributed by atoms with Crippen molar-refractivity contribution in [1.29, 1.82) is 0 Å². The van der Waals surface area contributed by atoms with Crippen LogP contribution in [0.2, 0.25) is 4.34 Å². The van der Waals surface area contributed by atoms with E-state index in [9.17, 15) is 4.79 Å². The molecule has 0 atom stereocenters. The molecule has 1 fully saturated rings. The van der Waals surface area contributed by atoms with Crippen molar-refractivity contribution in [2.75, 3.05) is 13.1 Å². The first-order valence-electron chi connectivity index (χ1n) is 7.48. The summed E-state index contributed by atoms with van der Waals surface area (Å²) in [4.78, 5) is 13.1. The van der Waals surface area contributed by atoms with E-state index in [2.05, 4.69) is 10.6 Å². The third-order valence-corrected chi connectivity index (χ3v) is 4.97. The van der Waals surface area contributed by atoms with E-state index < -0.39 is 0 Å². The van der Waals surface area contributed by atoms with E-state index in [4.69, 9.17) is 11.6 Å². The van der Waals surface area contributed by atoms with Crippen molar-refractivity contribution in [1.82, 2.24) is 10.6 Å². The van der Waals surface area contributed by atoms with E-state index in [1.54, 1.807) is 11.3 Å². The van der Waals surface area contributed by atoms with E-state index in [-0.39, 0.29) is 5.91 Å². The van der Waals surface area contributed by atoms with Crippen molar-refractivity contribution in [3.8, 4) is 0 Å². The van der Waals surface area contributed by atoms with Gasteiger partial charge in [-0.25, -0.2) is 0 Å². The maximum atomic E-state index is 11.8. The highest BCUT2D eigenvalue weighted by Gasteiger charge is 2.14. The predicted molar refractivity (Wildman–Crippen MR) is 85.5 cm³/mol. The van der Waals surface area contributed by atoms with Gasteiger partial charge in [0, 0.05) is 17.5 Å². The SMILES string of the molecule is O=C(CNCCc1ccc(Cl)s1)NC1CCCCCC1. The lowest BCUT2D eigenvalue weighted by atomic mass is 10.1. The summed E-state index contributed by atoms with van der Waals surface area (Å²) in [6.07, 6.45) is 8.32. The molecule has 0 radical (unpaired) electrons. The number of rotatable bonds is 6. The molecule has 1 amide bonds. The molecule has 1 aromatic heterocycles. The molecule has 0 bridgehead atoms. The molecule has 2 N–H and O–H groups in total. The Balaban J connectivity index is 1.57. The Labute approximate surface area is 130 Å². The molecule has 0 spiro atoms. The minimum Gasteiger partial charge on any atom is -0.352 e. The van der Waals surface area contributed by atoms with Crippen LogP contribution in [0.3, 0.4) is 0 Å². The number of carbonyl (C=O) groups excluding carboxylic acids is 1. The smallest absolute Gasteiger partial charge is 0.234 e. The molecule has 5 heteroatoms. The lowest BCUT2D eigenvalue weighted by molar-refractivity contribution is -0.121. The molecule has 1 saturated carbocycles. The highest BCUT2D eigenvalue weighted by atomic mass is 35.5. The normalized spacial score (nSPS) is 16.9. The number of halogens is 1. The summed E-state index contributed by atoms with van der Waals surface area (Å²) in [6, 6.07) is 4.35. The van der Waals surface area contributed by atoms with Gasteiger partial charge in [-0.1, -0.05) is 37.3 Å². The van der Waals surface area contributed by atoms with Crippen LogP contribution in [0.5, 0.6) is 0 Å². The first-order chi connectivity index (χ1) is 9.74. The van der Waals surface area contributed by atoms with Gasteiger partial charge < -0.3 is 10.6 Å². The average molecular weight is 315 g/mol. The minimum atomic E-state index is 0.126. The summed E-state index contributed by atoms with van der Waals surface area (Å²) in [6.45, 7) is 1.23. The number of hydrogen-bond acceptors (Lipinski definition) is 3. The average Bonchev–Trinajstić information content (AvgIpc) is 2.68. The monoisotopic (exact) mass is 314 g/mol. The van der Waals surface area contributed by atoms with Crippen LogP contribution < -0.4 is 10.6 Å². The first kappa shape index (κ1) is 15.8. The van der Waals surface area contributed by atoms with Crippen molar-refractivity contribution in [3.63, 3.8) is 0 Å². The fourth-order valence-corrected chi connectivity index (χ4v) is 3.69. The quantitative estimate of drug-likeness (QED) is 0.624. The summed E-state index contributed by atoms with van der Waals surface area (Å²) < 4.78 is 0.825. The zero-order valence-electron chi connectivity index (χ0n) is 11.8. The van der Waals surface area contributed by atoms with Gasteiger partial charge in [0.15, 0.2) is 0 Å². The molecule has 1 heterocycles. The van der Waals surface area contributed by atoms with Crippen molar-refractivity contribution >= 4 is 28.8 Å². The van der Waals surface area contributed by atoms with E-state index in [1.807, 2.05) is 12.1 Å². The number of carbonyl (C=O) groups is 1. The fraction of sp³-hybridized carbons (Fsp3) is 0.667. The molecule has 1 aliphatic rings. The van der Waals surface area contributed by atoms with Gasteiger partial charge in [0.2, 0.25) is 5.91 Å². The number of amides is 1. The molecule has 0 aliphatic heterocycles. The van der Waals surface area contributed by atoms with E-state index in [1.165, 1.54) is 30.6 Å². The zero-order valence-corrected chi connectivity index (χ0v) is 13.4. The summed E-state index contributed by atoms with van der Waals surface area (Å²) in [7, 11) is 0. The zero-order chi connectivity index (χ0) is 14.2. The summed E-state index contributed by atoms with van der Waals surface area (Å²) in [5, 5.41) is 6.34. The van der Waals surface area contributed by atoms with Gasteiger partial charge >= 0.3 is 0 Å². The molecule has 1 aliphatic carbocycles. The molecule has 0 aromatic carbocycles. The van der Waals surface area contributed by atoms with Gasteiger partial charge in [-0.2, -0.15) is 0 Å². The van der Waals surface area contributed by atoms with Crippen LogP contribution in [0.25, 0.3) is 0 Å². The summed E-state index contributed by atoms with van der Waals surface area (Å²) in [5.41, 5.74) is 0. The van der Waals surface area contributed by atoms with Gasteiger partial charge in [0.05, 0.1) is 10.9 Å². The van der Waals surface area contributed by atoms with Crippen LogP contribution in [-0.4, -0.2) is 25.0 Å².